The molecule has 3 rings (SSSR count). The lowest BCUT2D eigenvalue weighted by atomic mass is 10.1. The molecule has 1 fully saturated rings. The Kier molecular flexibility index (Phi) is 4.70. The maximum atomic E-state index is 13.1. The number of alkyl halides is 3. The van der Waals surface area contributed by atoms with Crippen LogP contribution >= 0.6 is 0 Å². The van der Waals surface area contributed by atoms with Gasteiger partial charge in [-0.3, -0.25) is 4.79 Å². The number of halogens is 3. The fraction of sp³-hybridized carbons (Fsp3) is 0.316. The first-order chi connectivity index (χ1) is 11.9. The third-order valence-electron chi connectivity index (χ3n) is 4.41. The van der Waals surface area contributed by atoms with Gasteiger partial charge in [-0.1, -0.05) is 18.2 Å². The van der Waals surface area contributed by atoms with Gasteiger partial charge in [-0.15, -0.1) is 0 Å². The third-order valence-corrected chi connectivity index (χ3v) is 4.41. The maximum absolute atomic E-state index is 13.1. The number of nitrogens with zero attached hydrogens (tertiary/aromatic N) is 1. The van der Waals surface area contributed by atoms with Gasteiger partial charge in [0.15, 0.2) is 0 Å². The zero-order chi connectivity index (χ0) is 18.0. The normalized spacial score (nSPS) is 14.6. The Balaban J connectivity index is 1.97. The Morgan fingerprint density at radius 3 is 2.40 bits per heavy atom. The van der Waals surface area contributed by atoms with Crippen molar-refractivity contribution in [1.82, 2.24) is 0 Å². The first kappa shape index (κ1) is 17.3. The van der Waals surface area contributed by atoms with Crippen molar-refractivity contribution in [1.29, 1.82) is 0 Å². The molecule has 0 radical (unpaired) electrons. The number of aryl methyl sites for hydroxylation is 1. The molecule has 0 atom stereocenters. The highest BCUT2D eigenvalue weighted by atomic mass is 19.4. The molecule has 1 aliphatic heterocycles. The van der Waals surface area contributed by atoms with E-state index in [1.165, 1.54) is 6.07 Å². The van der Waals surface area contributed by atoms with E-state index in [1.807, 2.05) is 11.0 Å². The molecule has 2 aromatic rings. The SMILES string of the molecule is Cc1ccccc1C(=O)Nc1cc(C(F)(F)F)ccc1N1CCCC1. The second-order valence-electron chi connectivity index (χ2n) is 6.19. The van der Waals surface area contributed by atoms with Crippen LogP contribution in [0.2, 0.25) is 0 Å². The van der Waals surface area contributed by atoms with Crippen LogP contribution in [0.1, 0.15) is 34.3 Å². The summed E-state index contributed by atoms with van der Waals surface area (Å²) in [5.41, 5.74) is 1.29. The summed E-state index contributed by atoms with van der Waals surface area (Å²) in [6, 6.07) is 10.5. The number of hydrogen-bond acceptors (Lipinski definition) is 2. The third kappa shape index (κ3) is 3.78. The minimum Gasteiger partial charge on any atom is -0.370 e. The van der Waals surface area contributed by atoms with E-state index in [-0.39, 0.29) is 5.69 Å². The van der Waals surface area contributed by atoms with Crippen LogP contribution < -0.4 is 10.2 Å². The van der Waals surface area contributed by atoms with Crippen molar-refractivity contribution in [3.05, 3.63) is 59.2 Å². The summed E-state index contributed by atoms with van der Waals surface area (Å²) in [6.07, 6.45) is -2.47. The van der Waals surface area contributed by atoms with E-state index in [2.05, 4.69) is 5.32 Å². The number of hydrogen-bond donors (Lipinski definition) is 1. The molecule has 1 aliphatic rings. The quantitative estimate of drug-likeness (QED) is 0.858. The van der Waals surface area contributed by atoms with E-state index in [4.69, 9.17) is 0 Å². The Hall–Kier alpha value is -2.50. The van der Waals surface area contributed by atoms with E-state index in [1.54, 1.807) is 25.1 Å². The molecule has 1 N–H and O–H groups in total. The summed E-state index contributed by atoms with van der Waals surface area (Å²) in [5, 5.41) is 2.68. The van der Waals surface area contributed by atoms with Gasteiger partial charge < -0.3 is 10.2 Å². The van der Waals surface area contributed by atoms with Crippen molar-refractivity contribution in [2.45, 2.75) is 25.9 Å². The summed E-state index contributed by atoms with van der Waals surface area (Å²) in [4.78, 5) is 14.6. The largest absolute Gasteiger partial charge is 0.416 e. The van der Waals surface area contributed by atoms with Gasteiger partial charge in [0.25, 0.3) is 5.91 Å². The monoisotopic (exact) mass is 348 g/mol. The molecule has 3 nitrogen and oxygen atoms in total. The van der Waals surface area contributed by atoms with Crippen LogP contribution in [0.5, 0.6) is 0 Å². The first-order valence-electron chi connectivity index (χ1n) is 8.19. The smallest absolute Gasteiger partial charge is 0.370 e. The van der Waals surface area contributed by atoms with Crippen LogP contribution in [0.15, 0.2) is 42.5 Å². The van der Waals surface area contributed by atoms with Gasteiger partial charge >= 0.3 is 6.18 Å². The Bertz CT molecular complexity index is 780. The van der Waals surface area contributed by atoms with Crippen LogP contribution in [0.25, 0.3) is 0 Å². The van der Waals surface area contributed by atoms with E-state index < -0.39 is 17.6 Å². The molecule has 0 spiro atoms. The van der Waals surface area contributed by atoms with Gasteiger partial charge in [0.2, 0.25) is 0 Å². The van der Waals surface area contributed by atoms with Gasteiger partial charge in [-0.25, -0.2) is 0 Å². The lowest BCUT2D eigenvalue weighted by Crippen LogP contribution is -2.22. The molecule has 0 saturated carbocycles. The predicted octanol–water partition coefficient (Wildman–Crippen LogP) is 4.87. The summed E-state index contributed by atoms with van der Waals surface area (Å²) in [5.74, 6) is -0.405. The number of nitrogens with one attached hydrogen (secondary N) is 1. The van der Waals surface area contributed by atoms with Crippen LogP contribution in [0.4, 0.5) is 24.5 Å². The van der Waals surface area contributed by atoms with Crippen molar-refractivity contribution in [3.63, 3.8) is 0 Å². The molecule has 6 heteroatoms. The number of carbonyl (C=O) groups excluding carboxylic acids is 1. The Morgan fingerprint density at radius 2 is 1.76 bits per heavy atom. The van der Waals surface area contributed by atoms with Crippen molar-refractivity contribution < 1.29 is 18.0 Å². The molecule has 25 heavy (non-hydrogen) atoms. The predicted molar refractivity (Wildman–Crippen MR) is 92.0 cm³/mol. The summed E-state index contributed by atoms with van der Waals surface area (Å²) in [7, 11) is 0. The van der Waals surface area contributed by atoms with Crippen molar-refractivity contribution in [3.8, 4) is 0 Å². The number of rotatable bonds is 3. The van der Waals surface area contributed by atoms with Gasteiger partial charge in [0.05, 0.1) is 16.9 Å². The molecule has 1 heterocycles. The molecular weight excluding hydrogens is 329 g/mol. The molecule has 0 aromatic heterocycles. The van der Waals surface area contributed by atoms with Gasteiger partial charge in [0, 0.05) is 18.7 Å². The number of benzene rings is 2. The molecule has 1 saturated heterocycles. The number of anilines is 2. The average molecular weight is 348 g/mol. The van der Waals surface area contributed by atoms with Crippen LogP contribution in [0, 0.1) is 6.92 Å². The standard InChI is InChI=1S/C19H19F3N2O/c1-13-6-2-3-7-15(13)18(25)23-16-12-14(19(20,21)22)8-9-17(16)24-10-4-5-11-24/h2-3,6-9,12H,4-5,10-11H2,1H3,(H,23,25). The lowest BCUT2D eigenvalue weighted by Gasteiger charge is -2.23. The van der Waals surface area contributed by atoms with Crippen molar-refractivity contribution in [2.75, 3.05) is 23.3 Å². The van der Waals surface area contributed by atoms with Gasteiger partial charge in [-0.2, -0.15) is 13.2 Å². The molecule has 2 aromatic carbocycles. The Labute approximate surface area is 144 Å². The summed E-state index contributed by atoms with van der Waals surface area (Å²) in [6.45, 7) is 3.35. The van der Waals surface area contributed by atoms with E-state index in [0.29, 0.717) is 11.3 Å². The molecule has 0 unspecified atom stereocenters. The first-order valence-corrected chi connectivity index (χ1v) is 8.19. The highest BCUT2D eigenvalue weighted by molar-refractivity contribution is 6.06. The maximum Gasteiger partial charge on any atom is 0.416 e. The minimum absolute atomic E-state index is 0.199. The zero-order valence-corrected chi connectivity index (χ0v) is 13.9. The second-order valence-corrected chi connectivity index (χ2v) is 6.19. The van der Waals surface area contributed by atoms with Crippen LogP contribution in [-0.2, 0) is 6.18 Å². The fourth-order valence-corrected chi connectivity index (χ4v) is 3.06. The zero-order valence-electron chi connectivity index (χ0n) is 13.9. The van der Waals surface area contributed by atoms with E-state index in [9.17, 15) is 18.0 Å². The number of amides is 1. The second kappa shape index (κ2) is 6.78. The molecule has 132 valence electrons. The molecule has 0 aliphatic carbocycles. The van der Waals surface area contributed by atoms with Crippen LogP contribution in [-0.4, -0.2) is 19.0 Å². The van der Waals surface area contributed by atoms with Crippen molar-refractivity contribution in [2.24, 2.45) is 0 Å². The highest BCUT2D eigenvalue weighted by Crippen LogP contribution is 2.36. The van der Waals surface area contributed by atoms with E-state index >= 15 is 0 Å². The van der Waals surface area contributed by atoms with Crippen molar-refractivity contribution >= 4 is 17.3 Å². The van der Waals surface area contributed by atoms with E-state index in [0.717, 1.165) is 43.6 Å². The average Bonchev–Trinajstić information content (AvgIpc) is 3.08. The fourth-order valence-electron chi connectivity index (χ4n) is 3.06. The summed E-state index contributed by atoms with van der Waals surface area (Å²) < 4.78 is 39.2. The highest BCUT2D eigenvalue weighted by Gasteiger charge is 2.32. The number of carbonyl (C=O) groups is 1. The Morgan fingerprint density at radius 1 is 1.08 bits per heavy atom. The lowest BCUT2D eigenvalue weighted by molar-refractivity contribution is -0.137. The summed E-state index contributed by atoms with van der Waals surface area (Å²) >= 11 is 0. The molecule has 1 amide bonds. The topological polar surface area (TPSA) is 32.3 Å². The van der Waals surface area contributed by atoms with Gasteiger partial charge in [0.1, 0.15) is 0 Å². The molecular formula is C19H19F3N2O. The molecule has 0 bridgehead atoms. The van der Waals surface area contributed by atoms with Gasteiger partial charge in [-0.05, 0) is 49.6 Å². The minimum atomic E-state index is -4.45. The van der Waals surface area contributed by atoms with Crippen LogP contribution in [0.3, 0.4) is 0 Å².